The molecule has 0 spiro atoms. The van der Waals surface area contributed by atoms with Gasteiger partial charge in [-0.25, -0.2) is 0 Å². The van der Waals surface area contributed by atoms with Crippen molar-refractivity contribution in [3.8, 4) is 17.2 Å². The van der Waals surface area contributed by atoms with Gasteiger partial charge in [-0.1, -0.05) is 6.07 Å². The van der Waals surface area contributed by atoms with E-state index in [1.54, 1.807) is 11.3 Å². The Labute approximate surface area is 199 Å². The molecule has 5 rings (SSSR count). The number of Topliss-reactive ketones (excluding diaryl/α,β-unsaturated/α-hetero) is 2. The van der Waals surface area contributed by atoms with Crippen molar-refractivity contribution in [3.63, 3.8) is 0 Å². The molecule has 0 bridgehead atoms. The van der Waals surface area contributed by atoms with Crippen LogP contribution in [-0.4, -0.2) is 42.2 Å². The smallest absolute Gasteiger partial charge is 0.194 e. The van der Waals surface area contributed by atoms with Crippen molar-refractivity contribution in [2.24, 2.45) is 0 Å². The number of carbonyl (C=O) groups excluding carboxylic acids is 3. The molecule has 178 valence electrons. The minimum absolute atomic E-state index is 0.00898. The van der Waals surface area contributed by atoms with Crippen LogP contribution in [0.15, 0.2) is 47.5 Å². The van der Waals surface area contributed by atoms with Crippen molar-refractivity contribution >= 4 is 23.0 Å². The number of rotatable bonds is 4. The normalized spacial score (nSPS) is 20.3. The second kappa shape index (κ2) is 7.52. The third-order valence-electron chi connectivity index (χ3n) is 6.66. The van der Waals surface area contributed by atoms with Gasteiger partial charge >= 0.3 is 0 Å². The molecule has 1 aromatic carbocycles. The molecule has 1 atom stereocenters. The van der Waals surface area contributed by atoms with Gasteiger partial charge in [0.2, 0.25) is 0 Å². The lowest BCUT2D eigenvalue weighted by Crippen LogP contribution is -2.41. The molecule has 2 aromatic heterocycles. The van der Waals surface area contributed by atoms with Crippen LogP contribution in [0.5, 0.6) is 17.2 Å². The number of nitrogens with zero attached hydrogens (tertiary/aromatic N) is 3. The summed E-state index contributed by atoms with van der Waals surface area (Å²) >= 11 is 0. The van der Waals surface area contributed by atoms with Crippen molar-refractivity contribution in [2.45, 2.75) is 39.7 Å². The van der Waals surface area contributed by atoms with E-state index in [0.29, 0.717) is 17.2 Å². The van der Waals surface area contributed by atoms with Crippen molar-refractivity contribution in [3.05, 3.63) is 70.0 Å². The molecule has 0 radical (unpaired) electrons. The second-order valence-electron chi connectivity index (χ2n) is 8.79. The summed E-state index contributed by atoms with van der Waals surface area (Å²) in [5, 5.41) is 32.7. The highest BCUT2D eigenvalue weighted by Crippen LogP contribution is 2.57. The first kappa shape index (κ1) is 22.3. The summed E-state index contributed by atoms with van der Waals surface area (Å²) in [6.45, 7) is 6.02. The number of nitrogens with one attached hydrogen (secondary N) is 1. The van der Waals surface area contributed by atoms with Crippen molar-refractivity contribution in [1.29, 1.82) is 0 Å². The first-order chi connectivity index (χ1) is 16.6. The second-order valence-corrected chi connectivity index (χ2v) is 8.79. The lowest BCUT2D eigenvalue weighted by Gasteiger charge is -2.29. The Morgan fingerprint density at radius 1 is 1.17 bits per heavy atom. The summed E-state index contributed by atoms with van der Waals surface area (Å²) in [5.74, 6) is -2.00. The molecule has 1 aliphatic carbocycles. The number of carbonyl (C=O) groups is 3. The summed E-state index contributed by atoms with van der Waals surface area (Å²) in [7, 11) is 0. The molecule has 35 heavy (non-hydrogen) atoms. The average Bonchev–Trinajstić information content (AvgIpc) is 3.35. The summed E-state index contributed by atoms with van der Waals surface area (Å²) in [5.41, 5.74) is -0.731. The highest BCUT2D eigenvalue weighted by molar-refractivity contribution is 6.31. The Morgan fingerprint density at radius 2 is 1.91 bits per heavy atom. The molecule has 0 amide bonds. The first-order valence-electron chi connectivity index (χ1n) is 10.9. The number of hydrogen-bond donors (Lipinski definition) is 3. The van der Waals surface area contributed by atoms with Gasteiger partial charge in [0.05, 0.1) is 17.7 Å². The quantitative estimate of drug-likeness (QED) is 0.295. The lowest BCUT2D eigenvalue weighted by atomic mass is 9.70. The van der Waals surface area contributed by atoms with Crippen molar-refractivity contribution in [2.75, 3.05) is 0 Å². The molecule has 0 fully saturated rings. The number of phenolic OH excluding ortho intramolecular Hbond substituents is 2. The number of allylic oxidation sites excluding steroid dienone is 4. The average molecular weight is 474 g/mol. The molecule has 10 nitrogen and oxygen atoms in total. The van der Waals surface area contributed by atoms with Gasteiger partial charge in [0.25, 0.3) is 0 Å². The Morgan fingerprint density at radius 3 is 2.63 bits per heavy atom. The zero-order chi connectivity index (χ0) is 25.2. The number of aromatic nitrogens is 3. The molecule has 3 N–H and O–H groups in total. The van der Waals surface area contributed by atoms with Gasteiger partial charge < -0.3 is 20.3 Å². The van der Waals surface area contributed by atoms with Gasteiger partial charge in [-0.3, -0.25) is 18.8 Å². The lowest BCUT2D eigenvalue weighted by molar-refractivity contribution is -0.123. The molecule has 0 saturated heterocycles. The van der Waals surface area contributed by atoms with E-state index in [9.17, 15) is 24.6 Å². The van der Waals surface area contributed by atoms with Crippen LogP contribution >= 0.6 is 0 Å². The summed E-state index contributed by atoms with van der Waals surface area (Å²) < 4.78 is 7.56. The van der Waals surface area contributed by atoms with Gasteiger partial charge in [-0.15, -0.1) is 10.2 Å². The Hall–Kier alpha value is -4.47. The molecular formula is C25H22N4O6. The molecule has 1 aliphatic heterocycles. The fraction of sp³-hybridized carbons (Fsp3) is 0.240. The van der Waals surface area contributed by atoms with Gasteiger partial charge in [0.15, 0.2) is 28.8 Å². The predicted molar refractivity (Wildman–Crippen MR) is 123 cm³/mol. The summed E-state index contributed by atoms with van der Waals surface area (Å²) in [4.78, 5) is 39.1. The maximum atomic E-state index is 13.8. The highest BCUT2D eigenvalue weighted by Gasteiger charge is 2.56. The van der Waals surface area contributed by atoms with E-state index >= 15 is 0 Å². The van der Waals surface area contributed by atoms with Gasteiger partial charge in [-0.2, -0.15) is 0 Å². The molecule has 2 aliphatic rings. The van der Waals surface area contributed by atoms with Crippen LogP contribution < -0.4 is 10.1 Å². The monoisotopic (exact) mass is 474 g/mol. The summed E-state index contributed by atoms with van der Waals surface area (Å²) in [6.07, 6.45) is 2.99. The molecule has 0 saturated carbocycles. The molecule has 3 heterocycles. The fourth-order valence-corrected chi connectivity index (χ4v) is 4.67. The number of ketones is 3. The van der Waals surface area contributed by atoms with Crippen molar-refractivity contribution in [1.82, 2.24) is 19.9 Å². The molecule has 3 aromatic rings. The predicted octanol–water partition coefficient (Wildman–Crippen LogP) is 2.40. The minimum atomic E-state index is -1.56. The standard InChI is InChI=1S/C25H22N4O6/c1-11-21(32)19(13(3)30)23-20(22(11)33)25(4)15(35-23)9-14(31)18(24(25)34)12(2)26-10-17-28-27-16-7-5-6-8-29(16)17/h5-9,26,32-33H,10H2,1-4H3/b18-12+/t25-/m0/s1. The Balaban J connectivity index is 1.59. The maximum Gasteiger partial charge on any atom is 0.194 e. The molecule has 10 heteroatoms. The third kappa shape index (κ3) is 2.99. The molecule has 0 unspecified atom stereocenters. The number of pyridine rings is 1. The number of phenols is 2. The fourth-order valence-electron chi connectivity index (χ4n) is 4.67. The van der Waals surface area contributed by atoms with E-state index in [4.69, 9.17) is 4.74 Å². The van der Waals surface area contributed by atoms with Gasteiger partial charge in [0, 0.05) is 23.5 Å². The molecular weight excluding hydrogens is 452 g/mol. The topological polar surface area (TPSA) is 143 Å². The van der Waals surface area contributed by atoms with E-state index in [-0.39, 0.29) is 46.1 Å². The van der Waals surface area contributed by atoms with E-state index in [1.165, 1.54) is 26.8 Å². The number of aromatic hydroxyl groups is 2. The van der Waals surface area contributed by atoms with E-state index in [1.807, 2.05) is 24.4 Å². The SMILES string of the molecule is CC(=O)c1c(O)c(C)c(O)c2c1OC1=CC(=O)/C(=C(/C)NCc3nnc4ccccn34)C(=O)[C@@]12C. The number of ether oxygens (including phenoxy) is 1. The first-order valence-corrected chi connectivity index (χ1v) is 10.9. The van der Waals surface area contributed by atoms with E-state index in [2.05, 4.69) is 15.5 Å². The van der Waals surface area contributed by atoms with Crippen LogP contribution in [0.3, 0.4) is 0 Å². The third-order valence-corrected chi connectivity index (χ3v) is 6.66. The number of hydrogen-bond acceptors (Lipinski definition) is 9. The zero-order valence-corrected chi connectivity index (χ0v) is 19.5. The van der Waals surface area contributed by atoms with E-state index in [0.717, 1.165) is 0 Å². The van der Waals surface area contributed by atoms with Crippen molar-refractivity contribution < 1.29 is 29.3 Å². The minimum Gasteiger partial charge on any atom is -0.507 e. The number of fused-ring (bicyclic) bond motifs is 4. The van der Waals surface area contributed by atoms with Crippen LogP contribution in [-0.2, 0) is 21.5 Å². The summed E-state index contributed by atoms with van der Waals surface area (Å²) in [6, 6.07) is 5.49. The van der Waals surface area contributed by atoms with Crippen LogP contribution in [0, 0.1) is 6.92 Å². The Bertz CT molecular complexity index is 1550. The van der Waals surface area contributed by atoms with Gasteiger partial charge in [0.1, 0.15) is 34.0 Å². The number of benzene rings is 1. The van der Waals surface area contributed by atoms with Crippen LogP contribution in [0.2, 0.25) is 0 Å². The maximum absolute atomic E-state index is 13.8. The largest absolute Gasteiger partial charge is 0.507 e. The van der Waals surface area contributed by atoms with E-state index < -0.39 is 28.5 Å². The zero-order valence-electron chi connectivity index (χ0n) is 19.5. The van der Waals surface area contributed by atoms with Crippen LogP contribution in [0.1, 0.15) is 48.1 Å². The van der Waals surface area contributed by atoms with Gasteiger partial charge in [-0.05, 0) is 39.8 Å². The highest BCUT2D eigenvalue weighted by atomic mass is 16.5. The Kier molecular flexibility index (Phi) is 4.80. The van der Waals surface area contributed by atoms with Crippen LogP contribution in [0.25, 0.3) is 5.65 Å². The van der Waals surface area contributed by atoms with Crippen LogP contribution in [0.4, 0.5) is 0 Å².